The first-order chi connectivity index (χ1) is 20.8. The molecule has 0 spiro atoms. The van der Waals surface area contributed by atoms with Gasteiger partial charge in [-0.1, -0.05) is 14.9 Å². The van der Waals surface area contributed by atoms with Gasteiger partial charge in [-0.3, -0.25) is 44.1 Å². The fourth-order valence-electron chi connectivity index (χ4n) is 5.14. The van der Waals surface area contributed by atoms with Crippen LogP contribution in [0.1, 0.15) is 14.9 Å². The Morgan fingerprint density at radius 1 is 0.333 bits per heavy atom. The van der Waals surface area contributed by atoms with Crippen molar-refractivity contribution in [2.24, 2.45) is 5.92 Å². The summed E-state index contributed by atoms with van der Waals surface area (Å²) in [5.41, 5.74) is 0. The standard InChI is InChI=1S/C10H25N3.C9H24N4.C7H19N3.C5H14N2.C2H7N.2CH4/c1-11(2)7-10(8-12(3)4)9-13(5)6;1-10(2)7-12(5)9-13(6)8-11(3)4;1-8(2)7(9(3)4)10(5)6;1-6(2)5-7(3)4;1-3-2;;/h10H,7-9H2,1-6H3;7-9H2,1-6H3;7H,1-6H3;5H2,1-4H3;3H,1-2H3;2*1H4. The third-order valence-electron chi connectivity index (χ3n) is 5.35. The first-order valence-electron chi connectivity index (χ1n) is 16.3. The van der Waals surface area contributed by atoms with Crippen molar-refractivity contribution in [1.82, 2.24) is 64.1 Å². The number of hydrogen-bond acceptors (Lipinski definition) is 13. The SMILES string of the molecule is C.C.CN(C)C(N(C)C)N(C)C.CN(C)CC(CN(C)C)CN(C)C.CN(C)CN(C)C.CN(C)CN(C)CN(C)CN(C)C.CNC. The van der Waals surface area contributed by atoms with Crippen molar-refractivity contribution >= 4 is 0 Å². The van der Waals surface area contributed by atoms with E-state index >= 15 is 0 Å². The summed E-state index contributed by atoms with van der Waals surface area (Å²) < 4.78 is 0. The first-order valence-corrected chi connectivity index (χ1v) is 16.3. The van der Waals surface area contributed by atoms with E-state index in [-0.39, 0.29) is 14.9 Å². The highest BCUT2D eigenvalue weighted by Gasteiger charge is 2.15. The quantitative estimate of drug-likeness (QED) is 0.222. The molecule has 0 radical (unpaired) electrons. The molecule has 0 unspecified atom stereocenters. The minimum atomic E-state index is 0. The summed E-state index contributed by atoms with van der Waals surface area (Å²) in [5, 5.41) is 2.75. The van der Waals surface area contributed by atoms with Gasteiger partial charge in [0.15, 0.2) is 0 Å². The van der Waals surface area contributed by atoms with Crippen molar-refractivity contribution in [3.05, 3.63) is 0 Å². The molecule has 0 atom stereocenters. The summed E-state index contributed by atoms with van der Waals surface area (Å²) >= 11 is 0. The van der Waals surface area contributed by atoms with Crippen LogP contribution in [0, 0.1) is 5.92 Å². The lowest BCUT2D eigenvalue weighted by Crippen LogP contribution is -2.50. The molecule has 0 heterocycles. The van der Waals surface area contributed by atoms with Crippen molar-refractivity contribution in [2.75, 3.05) is 215 Å². The predicted molar refractivity (Wildman–Crippen MR) is 222 cm³/mol. The minimum Gasteiger partial charge on any atom is -0.323 e. The van der Waals surface area contributed by atoms with Gasteiger partial charge in [0.05, 0.1) is 20.0 Å². The molecule has 0 aromatic carbocycles. The van der Waals surface area contributed by atoms with Gasteiger partial charge in [-0.05, 0) is 175 Å². The Balaban J connectivity index is -0.0000000913. The van der Waals surface area contributed by atoms with Crippen LogP contribution in [-0.2, 0) is 0 Å². The van der Waals surface area contributed by atoms with E-state index in [1.54, 1.807) is 0 Å². The summed E-state index contributed by atoms with van der Waals surface area (Å²) in [5.74, 6) is 0.736. The molecule has 0 rings (SSSR count). The van der Waals surface area contributed by atoms with Crippen molar-refractivity contribution < 1.29 is 0 Å². The van der Waals surface area contributed by atoms with E-state index in [0.717, 1.165) is 52.2 Å². The second-order valence-corrected chi connectivity index (χ2v) is 15.0. The molecule has 0 aliphatic rings. The van der Waals surface area contributed by atoms with Crippen molar-refractivity contribution in [2.45, 2.75) is 21.1 Å². The molecule has 302 valence electrons. The van der Waals surface area contributed by atoms with E-state index in [1.807, 2.05) is 14.1 Å². The molecular formula is C35H97N13. The molecule has 0 bridgehead atoms. The van der Waals surface area contributed by atoms with Crippen LogP contribution in [0.4, 0.5) is 0 Å². The number of nitrogens with zero attached hydrogens (tertiary/aromatic N) is 12. The zero-order valence-electron chi connectivity index (χ0n) is 36.0. The number of hydrogen-bond donors (Lipinski definition) is 1. The molecule has 48 heavy (non-hydrogen) atoms. The van der Waals surface area contributed by atoms with Gasteiger partial charge in [-0.2, -0.15) is 0 Å². The number of nitrogens with one attached hydrogen (secondary N) is 1. The second kappa shape index (κ2) is 39.3. The fraction of sp³-hybridized carbons (Fsp3) is 1.00. The van der Waals surface area contributed by atoms with E-state index in [9.17, 15) is 0 Å². The van der Waals surface area contributed by atoms with Gasteiger partial charge in [0.2, 0.25) is 0 Å². The highest BCUT2D eigenvalue weighted by atomic mass is 15.5. The Bertz CT molecular complexity index is 522. The van der Waals surface area contributed by atoms with E-state index < -0.39 is 0 Å². The molecule has 0 saturated carbocycles. The van der Waals surface area contributed by atoms with Gasteiger partial charge in [0, 0.05) is 26.3 Å². The van der Waals surface area contributed by atoms with E-state index in [1.165, 1.54) is 0 Å². The average Bonchev–Trinajstić information content (AvgIpc) is 2.76. The Labute approximate surface area is 306 Å². The van der Waals surface area contributed by atoms with E-state index in [4.69, 9.17) is 0 Å². The van der Waals surface area contributed by atoms with Gasteiger partial charge in [-0.25, -0.2) is 0 Å². The van der Waals surface area contributed by atoms with Crippen LogP contribution in [0.2, 0.25) is 0 Å². The van der Waals surface area contributed by atoms with E-state index in [2.05, 4.69) is 219 Å². The average molecular weight is 700 g/mol. The fourth-order valence-corrected chi connectivity index (χ4v) is 5.14. The summed E-state index contributed by atoms with van der Waals surface area (Å²) in [6.07, 6.45) is 0.389. The highest BCUT2D eigenvalue weighted by Crippen LogP contribution is 2.01. The van der Waals surface area contributed by atoms with Crippen molar-refractivity contribution in [3.8, 4) is 0 Å². The van der Waals surface area contributed by atoms with Crippen LogP contribution in [0.15, 0.2) is 0 Å². The molecule has 13 heteroatoms. The summed E-state index contributed by atoms with van der Waals surface area (Å²) in [6.45, 7) is 7.51. The third kappa shape index (κ3) is 57.7. The monoisotopic (exact) mass is 700 g/mol. The Morgan fingerprint density at radius 3 is 0.646 bits per heavy atom. The van der Waals surface area contributed by atoms with Crippen LogP contribution in [0.3, 0.4) is 0 Å². The minimum absolute atomic E-state index is 0. The molecule has 13 nitrogen and oxygen atoms in total. The molecule has 0 aromatic rings. The molecule has 0 aliphatic carbocycles. The lowest BCUT2D eigenvalue weighted by atomic mass is 10.1. The van der Waals surface area contributed by atoms with Gasteiger partial charge < -0.3 is 20.0 Å². The predicted octanol–water partition coefficient (Wildman–Crippen LogP) is 1.26. The Hall–Kier alpha value is -0.520. The highest BCUT2D eigenvalue weighted by molar-refractivity contribution is 4.67. The van der Waals surface area contributed by atoms with Crippen LogP contribution < -0.4 is 5.32 Å². The lowest BCUT2D eigenvalue weighted by molar-refractivity contribution is 0.00961. The van der Waals surface area contributed by atoms with Crippen molar-refractivity contribution in [3.63, 3.8) is 0 Å². The zero-order valence-corrected chi connectivity index (χ0v) is 36.0. The van der Waals surface area contributed by atoms with Crippen molar-refractivity contribution in [1.29, 1.82) is 0 Å². The topological polar surface area (TPSA) is 50.9 Å². The molecular weight excluding hydrogens is 602 g/mol. The van der Waals surface area contributed by atoms with Crippen LogP contribution in [0.25, 0.3) is 0 Å². The molecule has 0 aromatic heterocycles. The van der Waals surface area contributed by atoms with E-state index in [0.29, 0.717) is 6.29 Å². The Kier molecular flexibility index (Phi) is 51.2. The van der Waals surface area contributed by atoms with Crippen LogP contribution in [0.5, 0.6) is 0 Å². The van der Waals surface area contributed by atoms with Gasteiger partial charge >= 0.3 is 0 Å². The van der Waals surface area contributed by atoms with Crippen LogP contribution in [-0.4, -0.2) is 281 Å². The second-order valence-electron chi connectivity index (χ2n) is 15.0. The maximum atomic E-state index is 2.75. The largest absolute Gasteiger partial charge is 0.323 e. The molecule has 0 fully saturated rings. The van der Waals surface area contributed by atoms with Gasteiger partial charge in [0.1, 0.15) is 6.29 Å². The molecule has 0 saturated heterocycles. The summed E-state index contributed by atoms with van der Waals surface area (Å²) in [6, 6.07) is 0. The maximum absolute atomic E-state index is 2.75. The first kappa shape index (κ1) is 62.6. The maximum Gasteiger partial charge on any atom is 0.118 e. The number of rotatable bonds is 17. The summed E-state index contributed by atoms with van der Waals surface area (Å²) in [4.78, 5) is 26.4. The molecule has 0 amide bonds. The van der Waals surface area contributed by atoms with Gasteiger partial charge in [0.25, 0.3) is 0 Å². The van der Waals surface area contributed by atoms with Gasteiger partial charge in [-0.15, -0.1) is 0 Å². The molecule has 0 aliphatic heterocycles. The molecule has 1 N–H and O–H groups in total. The lowest BCUT2D eigenvalue weighted by Gasteiger charge is -2.35. The smallest absolute Gasteiger partial charge is 0.118 e. The third-order valence-corrected chi connectivity index (χ3v) is 5.35. The Morgan fingerprint density at radius 2 is 0.542 bits per heavy atom. The normalized spacial score (nSPS) is 11.4. The zero-order chi connectivity index (χ0) is 37.7. The van der Waals surface area contributed by atoms with Crippen LogP contribution >= 0.6 is 0 Å². The summed E-state index contributed by atoms with van der Waals surface area (Å²) in [7, 11) is 49.8.